The summed E-state index contributed by atoms with van der Waals surface area (Å²) >= 11 is 0. The number of aromatic nitrogens is 1. The van der Waals surface area contributed by atoms with Gasteiger partial charge in [0.25, 0.3) is 5.91 Å². The van der Waals surface area contributed by atoms with E-state index in [1.165, 1.54) is 4.90 Å². The lowest BCUT2D eigenvalue weighted by Gasteiger charge is -2.50. The van der Waals surface area contributed by atoms with Crippen LogP contribution in [0.5, 0.6) is 5.75 Å². The largest absolute Gasteiger partial charge is 0.496 e. The van der Waals surface area contributed by atoms with Crippen LogP contribution in [0.4, 0.5) is 0 Å². The van der Waals surface area contributed by atoms with Crippen molar-refractivity contribution >= 4 is 22.7 Å². The molecule has 2 aromatic carbocycles. The van der Waals surface area contributed by atoms with E-state index in [-0.39, 0.29) is 24.3 Å². The van der Waals surface area contributed by atoms with E-state index in [9.17, 15) is 9.59 Å². The van der Waals surface area contributed by atoms with Crippen LogP contribution in [0, 0.1) is 0 Å². The van der Waals surface area contributed by atoms with Crippen LogP contribution in [-0.2, 0) is 15.1 Å². The summed E-state index contributed by atoms with van der Waals surface area (Å²) in [5.74, 6) is 0.581. The van der Waals surface area contributed by atoms with Gasteiger partial charge in [-0.25, -0.2) is 0 Å². The molecule has 2 unspecified atom stereocenters. The number of nitrogens with zero attached hydrogens (tertiary/aromatic N) is 2. The summed E-state index contributed by atoms with van der Waals surface area (Å²) in [6, 6.07) is 16.0. The average Bonchev–Trinajstić information content (AvgIpc) is 3.13. The number of piperazine rings is 1. The molecule has 2 aliphatic rings. The highest BCUT2D eigenvalue weighted by atomic mass is 16.5. The van der Waals surface area contributed by atoms with Crippen LogP contribution in [0.15, 0.2) is 48.5 Å². The molecule has 0 spiro atoms. The predicted octanol–water partition coefficient (Wildman–Crippen LogP) is 2.84. The summed E-state index contributed by atoms with van der Waals surface area (Å²) < 4.78 is 5.64. The second-order valence-corrected chi connectivity index (χ2v) is 7.99. The molecule has 148 valence electrons. The molecule has 6 nitrogen and oxygen atoms in total. The van der Waals surface area contributed by atoms with Gasteiger partial charge < -0.3 is 19.5 Å². The average molecular weight is 389 g/mol. The highest BCUT2D eigenvalue weighted by Gasteiger charge is 2.55. The van der Waals surface area contributed by atoms with E-state index in [0.717, 1.165) is 33.5 Å². The Morgan fingerprint density at radius 2 is 1.83 bits per heavy atom. The Labute approximate surface area is 169 Å². The first-order valence-corrected chi connectivity index (χ1v) is 9.76. The maximum atomic E-state index is 13.3. The van der Waals surface area contributed by atoms with Crippen molar-refractivity contribution in [3.8, 4) is 5.75 Å². The van der Waals surface area contributed by atoms with E-state index in [2.05, 4.69) is 11.1 Å². The molecule has 0 bridgehead atoms. The van der Waals surface area contributed by atoms with Crippen LogP contribution in [0.3, 0.4) is 0 Å². The molecule has 1 aromatic heterocycles. The van der Waals surface area contributed by atoms with Crippen molar-refractivity contribution in [3.63, 3.8) is 0 Å². The van der Waals surface area contributed by atoms with Crippen LogP contribution in [-0.4, -0.2) is 53.8 Å². The van der Waals surface area contributed by atoms with Crippen LogP contribution in [0.25, 0.3) is 10.9 Å². The minimum Gasteiger partial charge on any atom is -0.496 e. The lowest BCUT2D eigenvalue weighted by Crippen LogP contribution is -2.66. The van der Waals surface area contributed by atoms with E-state index in [4.69, 9.17) is 4.74 Å². The quantitative estimate of drug-likeness (QED) is 0.733. The Hall–Kier alpha value is -3.28. The van der Waals surface area contributed by atoms with Crippen LogP contribution < -0.4 is 4.74 Å². The molecule has 0 aliphatic carbocycles. The van der Waals surface area contributed by atoms with E-state index in [0.29, 0.717) is 6.54 Å². The van der Waals surface area contributed by atoms with Gasteiger partial charge in [-0.05, 0) is 24.6 Å². The van der Waals surface area contributed by atoms with Crippen LogP contribution in [0.2, 0.25) is 0 Å². The molecule has 3 aromatic rings. The Kier molecular flexibility index (Phi) is 3.75. The molecule has 2 aliphatic heterocycles. The van der Waals surface area contributed by atoms with Gasteiger partial charge in [0.05, 0.1) is 19.3 Å². The maximum absolute atomic E-state index is 13.3. The summed E-state index contributed by atoms with van der Waals surface area (Å²) in [5.41, 5.74) is 2.80. The first-order valence-electron chi connectivity index (χ1n) is 9.76. The summed E-state index contributed by atoms with van der Waals surface area (Å²) in [4.78, 5) is 33.1. The maximum Gasteiger partial charge on any atom is 0.254 e. The second-order valence-electron chi connectivity index (χ2n) is 7.99. The van der Waals surface area contributed by atoms with Gasteiger partial charge in [-0.3, -0.25) is 9.59 Å². The van der Waals surface area contributed by atoms with Crippen molar-refractivity contribution in [2.45, 2.75) is 18.4 Å². The Balaban J connectivity index is 1.83. The number of benzene rings is 2. The SMILES string of the molecule is COc1ccccc1C1CN2C(=O)CN(C)C(=O)C2(C)c2[nH]c3ccccc3c21. The standard InChI is InChI=1S/C23H23N3O3/c1-23-21-20(15-9-4-6-10-17(15)24-21)16(14-8-5-7-11-18(14)29-3)12-26(23)19(27)13-25(2)22(23)28/h4-11,16,24H,12-13H2,1-3H3. The molecule has 2 atom stereocenters. The van der Waals surface area contributed by atoms with Gasteiger partial charge in [0.15, 0.2) is 5.54 Å². The number of methoxy groups -OCH3 is 1. The number of fused-ring (bicyclic) bond motifs is 5. The van der Waals surface area contributed by atoms with Gasteiger partial charge in [0.2, 0.25) is 5.91 Å². The molecule has 1 saturated heterocycles. The number of hydrogen-bond acceptors (Lipinski definition) is 3. The minimum absolute atomic E-state index is 0.0428. The Morgan fingerprint density at radius 3 is 2.62 bits per heavy atom. The first kappa shape index (κ1) is 17.8. The number of likely N-dealkylation sites (N-methyl/N-ethyl adjacent to an activating group) is 1. The zero-order valence-corrected chi connectivity index (χ0v) is 16.7. The molecule has 1 fully saturated rings. The van der Waals surface area contributed by atoms with E-state index < -0.39 is 5.54 Å². The molecule has 6 heteroatoms. The number of aromatic amines is 1. The topological polar surface area (TPSA) is 65.6 Å². The van der Waals surface area contributed by atoms with Gasteiger partial charge in [-0.1, -0.05) is 36.4 Å². The van der Waals surface area contributed by atoms with Gasteiger partial charge in [-0.2, -0.15) is 0 Å². The Bertz CT molecular complexity index is 1150. The number of amides is 2. The Morgan fingerprint density at radius 1 is 1.10 bits per heavy atom. The third-order valence-corrected chi connectivity index (χ3v) is 6.44. The summed E-state index contributed by atoms with van der Waals surface area (Å²) in [5, 5.41) is 1.08. The lowest BCUT2D eigenvalue weighted by atomic mass is 9.76. The normalized spacial score (nSPS) is 23.9. The zero-order chi connectivity index (χ0) is 20.3. The van der Waals surface area contributed by atoms with Gasteiger partial charge in [0.1, 0.15) is 5.75 Å². The lowest BCUT2D eigenvalue weighted by molar-refractivity contribution is -0.164. The molecule has 2 amide bonds. The number of rotatable bonds is 2. The highest BCUT2D eigenvalue weighted by molar-refractivity contribution is 6.01. The van der Waals surface area contributed by atoms with Crippen molar-refractivity contribution < 1.29 is 14.3 Å². The summed E-state index contributed by atoms with van der Waals surface area (Å²) in [7, 11) is 3.35. The third-order valence-electron chi connectivity index (χ3n) is 6.44. The predicted molar refractivity (Wildman–Crippen MR) is 110 cm³/mol. The molecular weight excluding hydrogens is 366 g/mol. The van der Waals surface area contributed by atoms with Crippen molar-refractivity contribution in [1.29, 1.82) is 0 Å². The van der Waals surface area contributed by atoms with E-state index in [1.54, 1.807) is 19.1 Å². The zero-order valence-electron chi connectivity index (χ0n) is 16.7. The van der Waals surface area contributed by atoms with Gasteiger partial charge >= 0.3 is 0 Å². The van der Waals surface area contributed by atoms with Crippen molar-refractivity contribution in [2.75, 3.05) is 27.2 Å². The van der Waals surface area contributed by atoms with Crippen LogP contribution >= 0.6 is 0 Å². The van der Waals surface area contributed by atoms with Gasteiger partial charge in [0, 0.05) is 36.0 Å². The first-order chi connectivity index (χ1) is 14.0. The number of H-pyrrole nitrogens is 1. The van der Waals surface area contributed by atoms with Crippen molar-refractivity contribution in [2.24, 2.45) is 0 Å². The molecule has 5 rings (SSSR count). The molecular formula is C23H23N3O3. The number of carbonyl (C=O) groups is 2. The minimum atomic E-state index is -1.04. The number of nitrogens with one attached hydrogen (secondary N) is 1. The summed E-state index contributed by atoms with van der Waals surface area (Å²) in [6.45, 7) is 2.39. The molecule has 29 heavy (non-hydrogen) atoms. The van der Waals surface area contributed by atoms with Crippen molar-refractivity contribution in [1.82, 2.24) is 14.8 Å². The monoisotopic (exact) mass is 389 g/mol. The molecule has 0 radical (unpaired) electrons. The second kappa shape index (κ2) is 6.11. The van der Waals surface area contributed by atoms with E-state index in [1.807, 2.05) is 49.4 Å². The fourth-order valence-corrected chi connectivity index (χ4v) is 5.01. The molecule has 0 saturated carbocycles. The number of para-hydroxylation sites is 2. The highest BCUT2D eigenvalue weighted by Crippen LogP contribution is 2.49. The van der Waals surface area contributed by atoms with Crippen molar-refractivity contribution in [3.05, 3.63) is 65.4 Å². The fourth-order valence-electron chi connectivity index (χ4n) is 5.01. The third kappa shape index (κ3) is 2.29. The molecule has 3 heterocycles. The summed E-state index contributed by atoms with van der Waals surface area (Å²) in [6.07, 6.45) is 0. The fraction of sp³-hybridized carbons (Fsp3) is 0.304. The smallest absolute Gasteiger partial charge is 0.254 e. The van der Waals surface area contributed by atoms with E-state index >= 15 is 0 Å². The number of carbonyl (C=O) groups excluding carboxylic acids is 2. The number of hydrogen-bond donors (Lipinski definition) is 1. The molecule has 1 N–H and O–H groups in total. The van der Waals surface area contributed by atoms with Gasteiger partial charge in [-0.15, -0.1) is 0 Å². The number of ether oxygens (including phenoxy) is 1. The van der Waals surface area contributed by atoms with Crippen LogP contribution in [0.1, 0.15) is 29.7 Å².